The quantitative estimate of drug-likeness (QED) is 0.253. The normalized spacial score (nSPS) is 21.2. The molecule has 2 aromatic carbocycles. The summed E-state index contributed by atoms with van der Waals surface area (Å²) in [6, 6.07) is 13.3. The highest BCUT2D eigenvalue weighted by Gasteiger charge is 2.42. The molecule has 206 valence electrons. The first kappa shape index (κ1) is 29.6. The molecule has 0 saturated heterocycles. The van der Waals surface area contributed by atoms with Gasteiger partial charge in [0.25, 0.3) is 10.1 Å². The molecule has 0 saturated carbocycles. The number of benzene rings is 2. The first-order valence-corrected chi connectivity index (χ1v) is 16.2. The standard InChI is InChI=1S/C27H40N2O6S2/c1-4-6-14-27(5-2)20-36(30,31)25-18-22(13-10-15-28-16-17-37(32,33)34)24(35-3)19-23(25)26(29-27)21-11-8-7-9-12-21/h7-9,11-12,18-19,26,28-29H,4-6,10,13-17,20H2,1-3H3,(H,32,33,34)/t26-,27-/m1/s1. The Bertz CT molecular complexity index is 1250. The predicted molar refractivity (Wildman–Crippen MR) is 147 cm³/mol. The first-order chi connectivity index (χ1) is 17.5. The summed E-state index contributed by atoms with van der Waals surface area (Å²) >= 11 is 0. The molecule has 1 aliphatic rings. The highest BCUT2D eigenvalue weighted by atomic mass is 32.2. The van der Waals surface area contributed by atoms with Crippen LogP contribution in [0.4, 0.5) is 0 Å². The highest BCUT2D eigenvalue weighted by Crippen LogP contribution is 2.41. The lowest BCUT2D eigenvalue weighted by Gasteiger charge is -2.36. The van der Waals surface area contributed by atoms with Gasteiger partial charge in [0.1, 0.15) is 5.75 Å². The molecule has 1 aliphatic heterocycles. The molecule has 2 aromatic rings. The molecule has 0 spiro atoms. The van der Waals surface area contributed by atoms with Crippen LogP contribution >= 0.6 is 0 Å². The average molecular weight is 553 g/mol. The van der Waals surface area contributed by atoms with E-state index in [4.69, 9.17) is 9.29 Å². The van der Waals surface area contributed by atoms with Crippen LogP contribution in [0.2, 0.25) is 0 Å². The Kier molecular flexibility index (Phi) is 10.2. The van der Waals surface area contributed by atoms with Gasteiger partial charge < -0.3 is 10.1 Å². The van der Waals surface area contributed by atoms with Crippen LogP contribution in [0.1, 0.15) is 68.7 Å². The number of aryl methyl sites for hydroxylation is 1. The summed E-state index contributed by atoms with van der Waals surface area (Å²) in [7, 11) is -6.02. The third kappa shape index (κ3) is 7.77. The van der Waals surface area contributed by atoms with Crippen LogP contribution in [0, 0.1) is 0 Å². The third-order valence-electron chi connectivity index (χ3n) is 7.13. The van der Waals surface area contributed by atoms with Crippen molar-refractivity contribution < 1.29 is 26.1 Å². The second kappa shape index (κ2) is 12.7. The summed E-state index contributed by atoms with van der Waals surface area (Å²) in [4.78, 5) is 0.343. The van der Waals surface area contributed by atoms with E-state index in [0.29, 0.717) is 42.0 Å². The second-order valence-electron chi connectivity index (χ2n) is 9.83. The molecule has 0 radical (unpaired) electrons. The van der Waals surface area contributed by atoms with E-state index < -0.39 is 25.5 Å². The van der Waals surface area contributed by atoms with Gasteiger partial charge in [0.05, 0.1) is 29.6 Å². The molecule has 0 aromatic heterocycles. The van der Waals surface area contributed by atoms with Crippen LogP contribution in [0.3, 0.4) is 0 Å². The Hall–Kier alpha value is -1.98. The monoisotopic (exact) mass is 552 g/mol. The maximum Gasteiger partial charge on any atom is 0.266 e. The van der Waals surface area contributed by atoms with Crippen molar-refractivity contribution in [2.45, 2.75) is 68.8 Å². The van der Waals surface area contributed by atoms with Gasteiger partial charge in [-0.1, -0.05) is 57.0 Å². The SMILES string of the molecule is CCCC[C@]1(CC)CS(=O)(=O)c2cc(CCCNCCS(=O)(=O)O)c(OC)cc2[C@@H](c2ccccc2)N1. The molecule has 0 amide bonds. The number of nitrogens with one attached hydrogen (secondary N) is 2. The fourth-order valence-electron chi connectivity index (χ4n) is 5.04. The first-order valence-electron chi connectivity index (χ1n) is 13.0. The molecule has 0 bridgehead atoms. The van der Waals surface area contributed by atoms with Crippen molar-refractivity contribution in [1.82, 2.24) is 10.6 Å². The van der Waals surface area contributed by atoms with Crippen LogP contribution in [-0.2, 0) is 26.4 Å². The molecular weight excluding hydrogens is 512 g/mol. The molecule has 0 unspecified atom stereocenters. The topological polar surface area (TPSA) is 122 Å². The van der Waals surface area contributed by atoms with Gasteiger partial charge in [0, 0.05) is 12.1 Å². The third-order valence-corrected chi connectivity index (χ3v) is 9.81. The fraction of sp³-hybridized carbons (Fsp3) is 0.556. The highest BCUT2D eigenvalue weighted by molar-refractivity contribution is 7.91. The van der Waals surface area contributed by atoms with E-state index in [1.165, 1.54) is 0 Å². The van der Waals surface area contributed by atoms with Gasteiger partial charge in [-0.3, -0.25) is 9.87 Å². The summed E-state index contributed by atoms with van der Waals surface area (Å²) in [5.41, 5.74) is 1.96. The van der Waals surface area contributed by atoms with Gasteiger partial charge in [0.15, 0.2) is 9.84 Å². The Balaban J connectivity index is 1.98. The fourth-order valence-corrected chi connectivity index (χ4v) is 7.62. The molecule has 10 heteroatoms. The molecule has 2 atom stereocenters. The lowest BCUT2D eigenvalue weighted by atomic mass is 9.87. The number of rotatable bonds is 13. The lowest BCUT2D eigenvalue weighted by molar-refractivity contribution is 0.294. The Morgan fingerprint density at radius 1 is 1.14 bits per heavy atom. The smallest absolute Gasteiger partial charge is 0.266 e. The molecule has 1 heterocycles. The average Bonchev–Trinajstić information content (AvgIpc) is 2.96. The van der Waals surface area contributed by atoms with Gasteiger partial charge in [-0.05, 0) is 61.1 Å². The molecule has 8 nitrogen and oxygen atoms in total. The van der Waals surface area contributed by atoms with Crippen LogP contribution in [0.25, 0.3) is 0 Å². The minimum atomic E-state index is -4.00. The number of fused-ring (bicyclic) bond motifs is 1. The molecular formula is C27H40N2O6S2. The van der Waals surface area contributed by atoms with Gasteiger partial charge in [-0.2, -0.15) is 8.42 Å². The van der Waals surface area contributed by atoms with E-state index in [2.05, 4.69) is 24.5 Å². The summed E-state index contributed by atoms with van der Waals surface area (Å²) in [5.74, 6) is 0.320. The summed E-state index contributed by atoms with van der Waals surface area (Å²) in [6.45, 7) is 4.84. The maximum absolute atomic E-state index is 13.9. The van der Waals surface area contributed by atoms with Crippen molar-refractivity contribution in [2.24, 2.45) is 0 Å². The summed E-state index contributed by atoms with van der Waals surface area (Å²) in [5, 5.41) is 6.77. The van der Waals surface area contributed by atoms with Gasteiger partial charge >= 0.3 is 0 Å². The zero-order valence-electron chi connectivity index (χ0n) is 22.0. The number of hydrogen-bond acceptors (Lipinski definition) is 7. The minimum Gasteiger partial charge on any atom is -0.496 e. The number of methoxy groups -OCH3 is 1. The number of ether oxygens (including phenoxy) is 1. The van der Waals surface area contributed by atoms with Crippen molar-refractivity contribution in [3.8, 4) is 5.75 Å². The number of sulfone groups is 1. The van der Waals surface area contributed by atoms with E-state index in [1.807, 2.05) is 36.4 Å². The van der Waals surface area contributed by atoms with E-state index >= 15 is 0 Å². The predicted octanol–water partition coefficient (Wildman–Crippen LogP) is 3.91. The Morgan fingerprint density at radius 2 is 1.86 bits per heavy atom. The number of hydrogen-bond donors (Lipinski definition) is 3. The second-order valence-corrected chi connectivity index (χ2v) is 13.4. The van der Waals surface area contributed by atoms with Gasteiger partial charge in [0.2, 0.25) is 0 Å². The lowest BCUT2D eigenvalue weighted by Crippen LogP contribution is -2.50. The van der Waals surface area contributed by atoms with Crippen molar-refractivity contribution in [2.75, 3.05) is 31.7 Å². The molecule has 0 fully saturated rings. The van der Waals surface area contributed by atoms with Crippen molar-refractivity contribution in [3.63, 3.8) is 0 Å². The van der Waals surface area contributed by atoms with Crippen molar-refractivity contribution in [1.29, 1.82) is 0 Å². The van der Waals surface area contributed by atoms with E-state index in [0.717, 1.165) is 30.4 Å². The largest absolute Gasteiger partial charge is 0.496 e. The van der Waals surface area contributed by atoms with E-state index in [9.17, 15) is 16.8 Å². The zero-order chi connectivity index (χ0) is 27.1. The maximum atomic E-state index is 13.9. The Morgan fingerprint density at radius 3 is 2.49 bits per heavy atom. The van der Waals surface area contributed by atoms with Crippen LogP contribution < -0.4 is 15.4 Å². The van der Waals surface area contributed by atoms with Crippen molar-refractivity contribution in [3.05, 3.63) is 59.2 Å². The molecule has 37 heavy (non-hydrogen) atoms. The van der Waals surface area contributed by atoms with E-state index in [-0.39, 0.29) is 24.1 Å². The molecule has 3 N–H and O–H groups in total. The Labute approximate surface area is 221 Å². The van der Waals surface area contributed by atoms with Crippen LogP contribution in [0.15, 0.2) is 47.4 Å². The van der Waals surface area contributed by atoms with Gasteiger partial charge in [-0.25, -0.2) is 8.42 Å². The van der Waals surface area contributed by atoms with Crippen LogP contribution in [-0.4, -0.2) is 58.6 Å². The minimum absolute atomic E-state index is 0.0375. The molecule has 3 rings (SSSR count). The van der Waals surface area contributed by atoms with E-state index in [1.54, 1.807) is 13.2 Å². The summed E-state index contributed by atoms with van der Waals surface area (Å²) in [6.07, 6.45) is 4.61. The number of unbranched alkanes of at least 4 members (excludes halogenated alkanes) is 1. The van der Waals surface area contributed by atoms with Crippen molar-refractivity contribution >= 4 is 20.0 Å². The zero-order valence-corrected chi connectivity index (χ0v) is 23.6. The molecule has 0 aliphatic carbocycles. The summed E-state index contributed by atoms with van der Waals surface area (Å²) < 4.78 is 64.1. The van der Waals surface area contributed by atoms with Gasteiger partial charge in [-0.15, -0.1) is 0 Å². The van der Waals surface area contributed by atoms with Crippen LogP contribution in [0.5, 0.6) is 5.75 Å².